The normalized spacial score (nSPS) is 11.7. The van der Waals surface area contributed by atoms with Gasteiger partial charge in [0.1, 0.15) is 0 Å². The van der Waals surface area contributed by atoms with E-state index < -0.39 is 5.97 Å². The third-order valence-electron chi connectivity index (χ3n) is 3.13. The topological polar surface area (TPSA) is 69.6 Å². The Morgan fingerprint density at radius 2 is 1.90 bits per heavy atom. The summed E-state index contributed by atoms with van der Waals surface area (Å²) in [6.07, 6.45) is 0.548. The predicted molar refractivity (Wildman–Crippen MR) is 77.4 cm³/mol. The minimum absolute atomic E-state index is 0.0505. The second-order valence-electron chi connectivity index (χ2n) is 4.65. The van der Waals surface area contributed by atoms with Gasteiger partial charge in [0.2, 0.25) is 0 Å². The van der Waals surface area contributed by atoms with Crippen LogP contribution in [0.15, 0.2) is 30.3 Å². The number of amides is 2. The van der Waals surface area contributed by atoms with E-state index in [0.29, 0.717) is 19.5 Å². The molecule has 0 fully saturated rings. The molecule has 0 saturated heterocycles. The van der Waals surface area contributed by atoms with Crippen molar-refractivity contribution < 1.29 is 14.7 Å². The van der Waals surface area contributed by atoms with E-state index in [2.05, 4.69) is 5.32 Å². The van der Waals surface area contributed by atoms with Gasteiger partial charge in [-0.25, -0.2) is 4.79 Å². The summed E-state index contributed by atoms with van der Waals surface area (Å²) < 4.78 is 0. The fraction of sp³-hybridized carbons (Fsp3) is 0.467. The van der Waals surface area contributed by atoms with E-state index in [4.69, 9.17) is 5.11 Å². The van der Waals surface area contributed by atoms with Crippen LogP contribution in [0, 0.1) is 0 Å². The average Bonchev–Trinajstić information content (AvgIpc) is 2.44. The highest BCUT2D eigenvalue weighted by Crippen LogP contribution is 2.06. The van der Waals surface area contributed by atoms with Gasteiger partial charge in [0, 0.05) is 19.1 Å². The summed E-state index contributed by atoms with van der Waals surface area (Å²) in [7, 11) is 0. The molecule has 0 bridgehead atoms. The summed E-state index contributed by atoms with van der Waals surface area (Å²) in [5.74, 6) is -0.900. The van der Waals surface area contributed by atoms with Crippen LogP contribution in [0.25, 0.3) is 0 Å². The van der Waals surface area contributed by atoms with Crippen molar-refractivity contribution in [2.24, 2.45) is 0 Å². The molecular weight excluding hydrogens is 256 g/mol. The molecule has 1 aromatic rings. The first-order valence-electron chi connectivity index (χ1n) is 6.88. The Morgan fingerprint density at radius 3 is 2.40 bits per heavy atom. The van der Waals surface area contributed by atoms with Crippen molar-refractivity contribution in [3.8, 4) is 0 Å². The number of nitrogens with one attached hydrogen (secondary N) is 1. The second-order valence-corrected chi connectivity index (χ2v) is 4.65. The molecule has 0 heterocycles. The fourth-order valence-corrected chi connectivity index (χ4v) is 1.91. The van der Waals surface area contributed by atoms with Crippen LogP contribution in [0.3, 0.4) is 0 Å². The molecule has 1 rings (SSSR count). The summed E-state index contributed by atoms with van der Waals surface area (Å²) in [6, 6.07) is 9.17. The first-order valence-corrected chi connectivity index (χ1v) is 6.88. The monoisotopic (exact) mass is 278 g/mol. The van der Waals surface area contributed by atoms with Crippen molar-refractivity contribution in [3.05, 3.63) is 35.9 Å². The number of carbonyl (C=O) groups excluding carboxylic acids is 1. The number of benzene rings is 1. The van der Waals surface area contributed by atoms with Crippen LogP contribution < -0.4 is 5.32 Å². The van der Waals surface area contributed by atoms with E-state index in [1.165, 1.54) is 0 Å². The number of urea groups is 1. The summed E-state index contributed by atoms with van der Waals surface area (Å²) in [6.45, 7) is 4.86. The minimum Gasteiger partial charge on any atom is -0.481 e. The van der Waals surface area contributed by atoms with Gasteiger partial charge in [-0.05, 0) is 18.9 Å². The van der Waals surface area contributed by atoms with Crippen molar-refractivity contribution in [1.82, 2.24) is 10.2 Å². The van der Waals surface area contributed by atoms with E-state index in [0.717, 1.165) is 5.56 Å². The van der Waals surface area contributed by atoms with Gasteiger partial charge in [-0.1, -0.05) is 37.3 Å². The predicted octanol–water partition coefficient (Wildman–Crippen LogP) is 2.47. The Morgan fingerprint density at radius 1 is 1.25 bits per heavy atom. The number of aliphatic carboxylic acids is 1. The van der Waals surface area contributed by atoms with Crippen LogP contribution in [0.5, 0.6) is 0 Å². The van der Waals surface area contributed by atoms with E-state index in [-0.39, 0.29) is 18.5 Å². The van der Waals surface area contributed by atoms with Crippen molar-refractivity contribution in [2.45, 2.75) is 39.3 Å². The molecule has 2 amide bonds. The molecule has 1 aromatic carbocycles. The highest BCUT2D eigenvalue weighted by molar-refractivity contribution is 5.76. The van der Waals surface area contributed by atoms with Crippen LogP contribution in [-0.4, -0.2) is 34.6 Å². The lowest BCUT2D eigenvalue weighted by atomic mass is 10.1. The standard InChI is InChI=1S/C15H22N2O3/c1-3-13(10-14(18)19)16-15(20)17(4-2)11-12-8-6-5-7-9-12/h5-9,13H,3-4,10-11H2,1-2H3,(H,16,20)(H,18,19). The van der Waals surface area contributed by atoms with Gasteiger partial charge in [-0.2, -0.15) is 0 Å². The number of carboxylic acid groups (broad SMARTS) is 1. The maximum Gasteiger partial charge on any atom is 0.317 e. The molecule has 5 heteroatoms. The minimum atomic E-state index is -0.900. The maximum atomic E-state index is 12.2. The maximum absolute atomic E-state index is 12.2. The molecular formula is C15H22N2O3. The van der Waals surface area contributed by atoms with E-state index in [1.807, 2.05) is 44.2 Å². The molecule has 1 atom stereocenters. The Hall–Kier alpha value is -2.04. The van der Waals surface area contributed by atoms with E-state index in [9.17, 15) is 9.59 Å². The molecule has 0 spiro atoms. The average molecular weight is 278 g/mol. The first-order chi connectivity index (χ1) is 9.56. The molecule has 0 saturated carbocycles. The number of hydrogen-bond donors (Lipinski definition) is 2. The van der Waals surface area contributed by atoms with Crippen LogP contribution >= 0.6 is 0 Å². The first kappa shape index (κ1) is 16.0. The summed E-state index contributed by atoms with van der Waals surface area (Å²) in [5, 5.41) is 11.6. The molecule has 110 valence electrons. The van der Waals surface area contributed by atoms with Gasteiger partial charge in [0.05, 0.1) is 6.42 Å². The zero-order valence-corrected chi connectivity index (χ0v) is 12.0. The van der Waals surface area contributed by atoms with Gasteiger partial charge < -0.3 is 15.3 Å². The van der Waals surface area contributed by atoms with Crippen LogP contribution in [-0.2, 0) is 11.3 Å². The molecule has 0 aliphatic heterocycles. The number of nitrogens with zero attached hydrogens (tertiary/aromatic N) is 1. The molecule has 5 nitrogen and oxygen atoms in total. The van der Waals surface area contributed by atoms with Crippen molar-refractivity contribution in [1.29, 1.82) is 0 Å². The summed E-state index contributed by atoms with van der Waals surface area (Å²) in [5.41, 5.74) is 1.05. The van der Waals surface area contributed by atoms with Gasteiger partial charge in [-0.3, -0.25) is 4.79 Å². The Bertz CT molecular complexity index is 434. The zero-order valence-electron chi connectivity index (χ0n) is 12.0. The van der Waals surface area contributed by atoms with Gasteiger partial charge >= 0.3 is 12.0 Å². The summed E-state index contributed by atoms with van der Waals surface area (Å²) in [4.78, 5) is 24.5. The van der Waals surface area contributed by atoms with Gasteiger partial charge in [0.15, 0.2) is 0 Å². The van der Waals surface area contributed by atoms with Crippen LogP contribution in [0.1, 0.15) is 32.3 Å². The highest BCUT2D eigenvalue weighted by atomic mass is 16.4. The molecule has 0 aliphatic rings. The molecule has 2 N–H and O–H groups in total. The molecule has 0 radical (unpaired) electrons. The summed E-state index contributed by atoms with van der Waals surface area (Å²) >= 11 is 0. The lowest BCUT2D eigenvalue weighted by molar-refractivity contribution is -0.137. The lowest BCUT2D eigenvalue weighted by Crippen LogP contribution is -2.45. The van der Waals surface area contributed by atoms with E-state index in [1.54, 1.807) is 4.90 Å². The quantitative estimate of drug-likeness (QED) is 0.805. The number of carbonyl (C=O) groups is 2. The third-order valence-corrected chi connectivity index (χ3v) is 3.13. The SMILES string of the molecule is CCC(CC(=O)O)NC(=O)N(CC)Cc1ccccc1. The smallest absolute Gasteiger partial charge is 0.317 e. The third kappa shape index (κ3) is 5.30. The molecule has 20 heavy (non-hydrogen) atoms. The van der Waals surface area contributed by atoms with Crippen LogP contribution in [0.4, 0.5) is 4.79 Å². The van der Waals surface area contributed by atoms with Crippen molar-refractivity contribution >= 4 is 12.0 Å². The largest absolute Gasteiger partial charge is 0.481 e. The number of rotatable bonds is 7. The number of carboxylic acids is 1. The van der Waals surface area contributed by atoms with Crippen molar-refractivity contribution in [3.63, 3.8) is 0 Å². The van der Waals surface area contributed by atoms with Gasteiger partial charge in [-0.15, -0.1) is 0 Å². The van der Waals surface area contributed by atoms with Gasteiger partial charge in [0.25, 0.3) is 0 Å². The Balaban J connectivity index is 2.60. The Labute approximate surface area is 119 Å². The zero-order chi connectivity index (χ0) is 15.0. The second kappa shape index (κ2) is 8.19. The molecule has 0 aromatic heterocycles. The van der Waals surface area contributed by atoms with E-state index >= 15 is 0 Å². The Kier molecular flexibility index (Phi) is 6.56. The molecule has 0 aliphatic carbocycles. The number of hydrogen-bond acceptors (Lipinski definition) is 2. The highest BCUT2D eigenvalue weighted by Gasteiger charge is 2.18. The van der Waals surface area contributed by atoms with Crippen molar-refractivity contribution in [2.75, 3.05) is 6.54 Å². The lowest BCUT2D eigenvalue weighted by Gasteiger charge is -2.24. The van der Waals surface area contributed by atoms with Crippen LogP contribution in [0.2, 0.25) is 0 Å². The fourth-order valence-electron chi connectivity index (χ4n) is 1.91. The molecule has 1 unspecified atom stereocenters.